The first kappa shape index (κ1) is 9.85. The molecule has 3 heteroatoms. The Bertz CT molecular complexity index is 450. The number of allylic oxidation sites excluding steroid dienone is 1. The molecule has 1 unspecified atom stereocenters. The Morgan fingerprint density at radius 3 is 2.75 bits per heavy atom. The van der Waals surface area contributed by atoms with Gasteiger partial charge in [0.15, 0.2) is 5.11 Å². The van der Waals surface area contributed by atoms with Crippen LogP contribution >= 0.6 is 12.2 Å². The molecule has 0 fully saturated rings. The molecule has 0 spiro atoms. The molecule has 2 aliphatic rings. The minimum absolute atomic E-state index is 0.285. The number of thiocarbonyl (C=S) groups is 1. The molecule has 16 heavy (non-hydrogen) atoms. The molecule has 2 nitrogen and oxygen atoms in total. The number of hydrogen-bond donors (Lipinski definition) is 2. The lowest BCUT2D eigenvalue weighted by molar-refractivity contribution is 0.683. The zero-order valence-electron chi connectivity index (χ0n) is 8.99. The summed E-state index contributed by atoms with van der Waals surface area (Å²) in [6, 6.07) is 10.8. The first-order chi connectivity index (χ1) is 7.84. The fraction of sp³-hybridized carbons (Fsp3) is 0.308. The van der Waals surface area contributed by atoms with Crippen LogP contribution in [-0.2, 0) is 0 Å². The van der Waals surface area contributed by atoms with E-state index in [2.05, 4.69) is 34.9 Å². The van der Waals surface area contributed by atoms with Gasteiger partial charge in [-0.1, -0.05) is 30.3 Å². The summed E-state index contributed by atoms with van der Waals surface area (Å²) >= 11 is 5.25. The quantitative estimate of drug-likeness (QED) is 0.725. The molecular formula is C13H14N2S. The third-order valence-electron chi connectivity index (χ3n) is 3.28. The highest BCUT2D eigenvalue weighted by Gasteiger charge is 2.28. The van der Waals surface area contributed by atoms with Gasteiger partial charge < -0.3 is 10.6 Å². The van der Waals surface area contributed by atoms with Crippen molar-refractivity contribution in [3.8, 4) is 0 Å². The second-order valence-electron chi connectivity index (χ2n) is 4.30. The van der Waals surface area contributed by atoms with Crippen molar-refractivity contribution in [3.05, 3.63) is 47.2 Å². The van der Waals surface area contributed by atoms with Crippen LogP contribution in [0.5, 0.6) is 0 Å². The zero-order chi connectivity index (χ0) is 11.0. The van der Waals surface area contributed by atoms with Crippen LogP contribution in [-0.4, -0.2) is 5.11 Å². The Labute approximate surface area is 101 Å². The van der Waals surface area contributed by atoms with Gasteiger partial charge in [-0.05, 0) is 42.6 Å². The smallest absolute Gasteiger partial charge is 0.171 e. The van der Waals surface area contributed by atoms with E-state index in [1.54, 1.807) is 0 Å². The summed E-state index contributed by atoms with van der Waals surface area (Å²) in [7, 11) is 0. The van der Waals surface area contributed by atoms with Crippen LogP contribution in [0.1, 0.15) is 30.9 Å². The Morgan fingerprint density at radius 2 is 1.94 bits per heavy atom. The predicted molar refractivity (Wildman–Crippen MR) is 68.9 cm³/mol. The molecular weight excluding hydrogens is 216 g/mol. The maximum atomic E-state index is 5.25. The van der Waals surface area contributed by atoms with Crippen molar-refractivity contribution in [1.29, 1.82) is 0 Å². The average molecular weight is 230 g/mol. The number of nitrogens with one attached hydrogen (secondary N) is 2. The normalized spacial score (nSPS) is 23.8. The Balaban J connectivity index is 2.00. The summed E-state index contributed by atoms with van der Waals surface area (Å²) in [4.78, 5) is 0. The first-order valence-corrected chi connectivity index (χ1v) is 6.10. The molecule has 1 aromatic rings. The van der Waals surface area contributed by atoms with E-state index in [4.69, 9.17) is 12.2 Å². The molecule has 1 aromatic carbocycles. The van der Waals surface area contributed by atoms with Gasteiger partial charge in [-0.2, -0.15) is 0 Å². The van der Waals surface area contributed by atoms with E-state index in [1.165, 1.54) is 29.7 Å². The fourth-order valence-corrected chi connectivity index (χ4v) is 2.79. The van der Waals surface area contributed by atoms with E-state index in [-0.39, 0.29) is 6.04 Å². The van der Waals surface area contributed by atoms with Crippen molar-refractivity contribution < 1.29 is 0 Å². The van der Waals surface area contributed by atoms with E-state index in [0.29, 0.717) is 0 Å². The molecule has 0 bridgehead atoms. The van der Waals surface area contributed by atoms with E-state index in [0.717, 1.165) is 11.5 Å². The second kappa shape index (κ2) is 3.91. The van der Waals surface area contributed by atoms with Gasteiger partial charge >= 0.3 is 0 Å². The van der Waals surface area contributed by atoms with Crippen molar-refractivity contribution in [2.24, 2.45) is 0 Å². The van der Waals surface area contributed by atoms with Crippen LogP contribution < -0.4 is 10.6 Å². The van der Waals surface area contributed by atoms with Crippen molar-refractivity contribution in [3.63, 3.8) is 0 Å². The lowest BCUT2D eigenvalue weighted by atomic mass is 9.96. The van der Waals surface area contributed by atoms with E-state index in [1.807, 2.05) is 6.07 Å². The Hall–Kier alpha value is -1.35. The van der Waals surface area contributed by atoms with Crippen molar-refractivity contribution in [2.45, 2.75) is 25.3 Å². The maximum absolute atomic E-state index is 5.25. The molecule has 0 radical (unpaired) electrons. The van der Waals surface area contributed by atoms with Crippen LogP contribution in [0.3, 0.4) is 0 Å². The zero-order valence-corrected chi connectivity index (χ0v) is 9.81. The standard InChI is InChI=1S/C13H14N2S/c16-13-14-11-8-4-7-10(11)12(15-13)9-5-2-1-3-6-9/h1-3,5-6,12H,4,7-8H2,(H2,14,15,16). The van der Waals surface area contributed by atoms with Gasteiger partial charge in [0.25, 0.3) is 0 Å². The van der Waals surface area contributed by atoms with E-state index >= 15 is 0 Å². The number of hydrogen-bond acceptors (Lipinski definition) is 1. The molecule has 82 valence electrons. The largest absolute Gasteiger partial charge is 0.352 e. The summed E-state index contributed by atoms with van der Waals surface area (Å²) in [6.07, 6.45) is 3.56. The Kier molecular flexibility index (Phi) is 2.40. The lowest BCUT2D eigenvalue weighted by Gasteiger charge is -2.29. The molecule has 1 aliphatic carbocycles. The van der Waals surface area contributed by atoms with Crippen molar-refractivity contribution in [2.75, 3.05) is 0 Å². The fourth-order valence-electron chi connectivity index (χ4n) is 2.55. The molecule has 2 N–H and O–H groups in total. The van der Waals surface area contributed by atoms with Gasteiger partial charge in [0.2, 0.25) is 0 Å². The highest BCUT2D eigenvalue weighted by Crippen LogP contribution is 2.36. The van der Waals surface area contributed by atoms with Gasteiger partial charge in [-0.3, -0.25) is 0 Å². The summed E-state index contributed by atoms with van der Waals surface area (Å²) in [6.45, 7) is 0. The molecule has 1 heterocycles. The van der Waals surface area contributed by atoms with E-state index in [9.17, 15) is 0 Å². The number of benzene rings is 1. The van der Waals surface area contributed by atoms with Gasteiger partial charge in [0.1, 0.15) is 0 Å². The second-order valence-corrected chi connectivity index (χ2v) is 4.71. The Morgan fingerprint density at radius 1 is 1.12 bits per heavy atom. The van der Waals surface area contributed by atoms with Crippen LogP contribution in [0.4, 0.5) is 0 Å². The lowest BCUT2D eigenvalue weighted by Crippen LogP contribution is -2.42. The maximum Gasteiger partial charge on any atom is 0.171 e. The molecule has 0 saturated heterocycles. The predicted octanol–water partition coefficient (Wildman–Crippen LogP) is 2.64. The van der Waals surface area contributed by atoms with Crippen molar-refractivity contribution >= 4 is 17.3 Å². The highest BCUT2D eigenvalue weighted by molar-refractivity contribution is 7.80. The van der Waals surface area contributed by atoms with Gasteiger partial charge in [-0.25, -0.2) is 0 Å². The molecule has 1 atom stereocenters. The summed E-state index contributed by atoms with van der Waals surface area (Å²) in [5.74, 6) is 0. The van der Waals surface area contributed by atoms with Gasteiger partial charge in [-0.15, -0.1) is 0 Å². The van der Waals surface area contributed by atoms with Crippen LogP contribution in [0, 0.1) is 0 Å². The minimum atomic E-state index is 0.285. The summed E-state index contributed by atoms with van der Waals surface area (Å²) < 4.78 is 0. The van der Waals surface area contributed by atoms with Crippen LogP contribution in [0.25, 0.3) is 0 Å². The summed E-state index contributed by atoms with van der Waals surface area (Å²) in [5.41, 5.74) is 4.14. The molecule has 0 saturated carbocycles. The SMILES string of the molecule is S=C1NC2=C(CCC2)C(c2ccccc2)N1. The van der Waals surface area contributed by atoms with Crippen LogP contribution in [0.15, 0.2) is 41.6 Å². The number of rotatable bonds is 1. The topological polar surface area (TPSA) is 24.1 Å². The highest BCUT2D eigenvalue weighted by atomic mass is 32.1. The van der Waals surface area contributed by atoms with Crippen molar-refractivity contribution in [1.82, 2.24) is 10.6 Å². The molecule has 1 aliphatic heterocycles. The third-order valence-corrected chi connectivity index (χ3v) is 3.50. The molecule has 0 amide bonds. The van der Waals surface area contributed by atoms with Gasteiger partial charge in [0, 0.05) is 5.70 Å². The van der Waals surface area contributed by atoms with Gasteiger partial charge in [0.05, 0.1) is 6.04 Å². The average Bonchev–Trinajstić information content (AvgIpc) is 2.77. The summed E-state index contributed by atoms with van der Waals surface area (Å²) in [5, 5.41) is 7.40. The molecule has 3 rings (SSSR count). The minimum Gasteiger partial charge on any atom is -0.352 e. The third kappa shape index (κ3) is 1.61. The first-order valence-electron chi connectivity index (χ1n) is 5.69. The van der Waals surface area contributed by atoms with E-state index < -0.39 is 0 Å². The van der Waals surface area contributed by atoms with Crippen LogP contribution in [0.2, 0.25) is 0 Å². The molecule has 0 aromatic heterocycles. The monoisotopic (exact) mass is 230 g/mol.